The first-order chi connectivity index (χ1) is 10.2. The Morgan fingerprint density at radius 3 is 2.57 bits per heavy atom. The SMILES string of the molecule is CCOC(=O)c1cc(-c2ccccc2)sc1NC(=O)NC. The molecule has 1 aromatic heterocycles. The molecule has 0 saturated heterocycles. The lowest BCUT2D eigenvalue weighted by molar-refractivity contribution is 0.0528. The summed E-state index contributed by atoms with van der Waals surface area (Å²) in [4.78, 5) is 24.4. The van der Waals surface area contributed by atoms with Crippen LogP contribution in [0.5, 0.6) is 0 Å². The van der Waals surface area contributed by atoms with Crippen LogP contribution in [-0.4, -0.2) is 25.7 Å². The molecule has 5 nitrogen and oxygen atoms in total. The number of carbonyl (C=O) groups excluding carboxylic acids is 2. The van der Waals surface area contributed by atoms with Gasteiger partial charge in [-0.25, -0.2) is 9.59 Å². The van der Waals surface area contributed by atoms with Gasteiger partial charge in [0.1, 0.15) is 5.00 Å². The Hall–Kier alpha value is -2.34. The maximum atomic E-state index is 12.0. The molecule has 0 spiro atoms. The quantitative estimate of drug-likeness (QED) is 0.851. The van der Waals surface area contributed by atoms with E-state index in [4.69, 9.17) is 4.74 Å². The van der Waals surface area contributed by atoms with Crippen LogP contribution in [0.3, 0.4) is 0 Å². The highest BCUT2D eigenvalue weighted by molar-refractivity contribution is 7.20. The summed E-state index contributed by atoms with van der Waals surface area (Å²) in [6, 6.07) is 11.0. The molecular formula is C15H16N2O3S. The number of nitrogens with one attached hydrogen (secondary N) is 2. The molecule has 2 N–H and O–H groups in total. The van der Waals surface area contributed by atoms with Crippen molar-refractivity contribution in [3.8, 4) is 10.4 Å². The maximum Gasteiger partial charge on any atom is 0.341 e. The maximum absolute atomic E-state index is 12.0. The first kappa shape index (κ1) is 15.1. The van der Waals surface area contributed by atoms with Crippen LogP contribution >= 0.6 is 11.3 Å². The summed E-state index contributed by atoms with van der Waals surface area (Å²) in [5, 5.41) is 5.60. The fraction of sp³-hybridized carbons (Fsp3) is 0.200. The number of hydrogen-bond acceptors (Lipinski definition) is 4. The van der Waals surface area contributed by atoms with E-state index in [2.05, 4.69) is 10.6 Å². The van der Waals surface area contributed by atoms with Gasteiger partial charge < -0.3 is 10.1 Å². The zero-order valence-corrected chi connectivity index (χ0v) is 12.6. The van der Waals surface area contributed by atoms with Crippen molar-refractivity contribution in [3.63, 3.8) is 0 Å². The number of anilines is 1. The fourth-order valence-corrected chi connectivity index (χ4v) is 2.80. The fourth-order valence-electron chi connectivity index (χ4n) is 1.75. The number of amides is 2. The molecule has 0 atom stereocenters. The summed E-state index contributed by atoms with van der Waals surface area (Å²) in [5.74, 6) is -0.442. The average molecular weight is 304 g/mol. The van der Waals surface area contributed by atoms with Crippen LogP contribution in [0, 0.1) is 0 Å². The molecule has 2 amide bonds. The Morgan fingerprint density at radius 1 is 1.24 bits per heavy atom. The number of hydrogen-bond donors (Lipinski definition) is 2. The van der Waals surface area contributed by atoms with E-state index in [0.29, 0.717) is 10.6 Å². The molecule has 0 aliphatic rings. The molecule has 0 bridgehead atoms. The van der Waals surface area contributed by atoms with Gasteiger partial charge in [-0.2, -0.15) is 0 Å². The van der Waals surface area contributed by atoms with E-state index >= 15 is 0 Å². The Labute approximate surface area is 126 Å². The smallest absolute Gasteiger partial charge is 0.341 e. The van der Waals surface area contributed by atoms with Crippen LogP contribution in [-0.2, 0) is 4.74 Å². The lowest BCUT2D eigenvalue weighted by Crippen LogP contribution is -2.24. The minimum absolute atomic E-state index is 0.286. The molecule has 1 heterocycles. The third-order valence-corrected chi connectivity index (χ3v) is 3.84. The number of esters is 1. The number of carbonyl (C=O) groups is 2. The number of urea groups is 1. The summed E-state index contributed by atoms with van der Waals surface area (Å²) in [6.07, 6.45) is 0. The summed E-state index contributed by atoms with van der Waals surface area (Å²) in [6.45, 7) is 2.03. The number of thiophene rings is 1. The van der Waals surface area contributed by atoms with E-state index in [9.17, 15) is 9.59 Å². The molecule has 2 rings (SSSR count). The summed E-state index contributed by atoms with van der Waals surface area (Å²) in [5.41, 5.74) is 1.35. The highest BCUT2D eigenvalue weighted by Gasteiger charge is 2.19. The van der Waals surface area contributed by atoms with Crippen LogP contribution in [0.4, 0.5) is 9.80 Å². The van der Waals surface area contributed by atoms with E-state index < -0.39 is 5.97 Å². The topological polar surface area (TPSA) is 67.4 Å². The molecule has 6 heteroatoms. The molecular weight excluding hydrogens is 288 g/mol. The number of rotatable bonds is 4. The minimum Gasteiger partial charge on any atom is -0.462 e. The molecule has 0 radical (unpaired) electrons. The highest BCUT2D eigenvalue weighted by atomic mass is 32.1. The lowest BCUT2D eigenvalue weighted by atomic mass is 10.1. The predicted octanol–water partition coefficient (Wildman–Crippen LogP) is 3.34. The first-order valence-corrected chi connectivity index (χ1v) is 7.32. The van der Waals surface area contributed by atoms with Crippen molar-refractivity contribution in [2.24, 2.45) is 0 Å². The average Bonchev–Trinajstić information content (AvgIpc) is 2.92. The normalized spacial score (nSPS) is 10.0. The van der Waals surface area contributed by atoms with Crippen LogP contribution in [0.25, 0.3) is 10.4 Å². The van der Waals surface area contributed by atoms with Gasteiger partial charge in [0, 0.05) is 11.9 Å². The Bertz CT molecular complexity index is 638. The number of benzene rings is 1. The highest BCUT2D eigenvalue weighted by Crippen LogP contribution is 2.35. The van der Waals surface area contributed by atoms with Gasteiger partial charge in [-0.15, -0.1) is 11.3 Å². The largest absolute Gasteiger partial charge is 0.462 e. The van der Waals surface area contributed by atoms with Gasteiger partial charge >= 0.3 is 12.0 Å². The van der Waals surface area contributed by atoms with Gasteiger partial charge in [0.25, 0.3) is 0 Å². The molecule has 2 aromatic rings. The van der Waals surface area contributed by atoms with E-state index in [1.165, 1.54) is 18.4 Å². The van der Waals surface area contributed by atoms with Crippen molar-refractivity contribution < 1.29 is 14.3 Å². The van der Waals surface area contributed by atoms with E-state index in [-0.39, 0.29) is 12.6 Å². The van der Waals surface area contributed by atoms with Gasteiger partial charge in [-0.1, -0.05) is 30.3 Å². The predicted molar refractivity (Wildman–Crippen MR) is 83.8 cm³/mol. The summed E-state index contributed by atoms with van der Waals surface area (Å²) in [7, 11) is 1.52. The van der Waals surface area contributed by atoms with Crippen molar-refractivity contribution in [2.45, 2.75) is 6.92 Å². The molecule has 21 heavy (non-hydrogen) atoms. The molecule has 0 saturated carbocycles. The van der Waals surface area contributed by atoms with Gasteiger partial charge in [0.05, 0.1) is 12.2 Å². The van der Waals surface area contributed by atoms with Crippen LogP contribution in [0.2, 0.25) is 0 Å². The Balaban J connectivity index is 2.39. The van der Waals surface area contributed by atoms with Gasteiger partial charge in [-0.3, -0.25) is 5.32 Å². The van der Waals surface area contributed by atoms with Crippen LogP contribution in [0.1, 0.15) is 17.3 Å². The summed E-state index contributed by atoms with van der Waals surface area (Å²) >= 11 is 1.34. The van der Waals surface area contributed by atoms with Crippen LogP contribution in [0.15, 0.2) is 36.4 Å². The summed E-state index contributed by atoms with van der Waals surface area (Å²) < 4.78 is 5.03. The van der Waals surface area contributed by atoms with Crippen molar-refractivity contribution in [1.29, 1.82) is 0 Å². The molecule has 0 fully saturated rings. The van der Waals surface area contributed by atoms with E-state index in [1.54, 1.807) is 13.0 Å². The minimum atomic E-state index is -0.442. The third-order valence-electron chi connectivity index (χ3n) is 2.74. The first-order valence-electron chi connectivity index (χ1n) is 6.50. The molecule has 1 aromatic carbocycles. The van der Waals surface area contributed by atoms with Crippen molar-refractivity contribution >= 4 is 28.3 Å². The standard InChI is InChI=1S/C15H16N2O3S/c1-3-20-14(18)11-9-12(10-7-5-4-6-8-10)21-13(11)17-15(19)16-2/h4-9H,3H2,1-2H3,(H2,16,17,19). The lowest BCUT2D eigenvalue weighted by Gasteiger charge is -2.04. The second-order valence-electron chi connectivity index (χ2n) is 4.14. The Morgan fingerprint density at radius 2 is 1.95 bits per heavy atom. The Kier molecular flexibility index (Phi) is 4.94. The van der Waals surface area contributed by atoms with Crippen molar-refractivity contribution in [2.75, 3.05) is 19.0 Å². The molecule has 0 aliphatic carbocycles. The third kappa shape index (κ3) is 3.61. The zero-order chi connectivity index (χ0) is 15.2. The van der Waals surface area contributed by atoms with Gasteiger partial charge in [0.2, 0.25) is 0 Å². The molecule has 110 valence electrons. The zero-order valence-electron chi connectivity index (χ0n) is 11.8. The van der Waals surface area contributed by atoms with E-state index in [0.717, 1.165) is 10.4 Å². The van der Waals surface area contributed by atoms with Gasteiger partial charge in [0.15, 0.2) is 0 Å². The van der Waals surface area contributed by atoms with Crippen molar-refractivity contribution in [1.82, 2.24) is 5.32 Å². The second-order valence-corrected chi connectivity index (χ2v) is 5.20. The van der Waals surface area contributed by atoms with E-state index in [1.807, 2.05) is 30.3 Å². The van der Waals surface area contributed by atoms with Gasteiger partial charge in [-0.05, 0) is 18.6 Å². The second kappa shape index (κ2) is 6.90. The monoisotopic (exact) mass is 304 g/mol. The van der Waals surface area contributed by atoms with Crippen LogP contribution < -0.4 is 10.6 Å². The molecule has 0 unspecified atom stereocenters. The van der Waals surface area contributed by atoms with Crippen molar-refractivity contribution in [3.05, 3.63) is 42.0 Å². The molecule has 0 aliphatic heterocycles. The number of ether oxygens (including phenoxy) is 1.